The predicted octanol–water partition coefficient (Wildman–Crippen LogP) is 4.92. The maximum atomic E-state index is 12.6. The van der Waals surface area contributed by atoms with E-state index in [-0.39, 0.29) is 22.9 Å². The lowest BCUT2D eigenvalue weighted by Crippen LogP contribution is -2.50. The van der Waals surface area contributed by atoms with Gasteiger partial charge in [-0.05, 0) is 87.6 Å². The molecule has 4 fully saturated rings. The lowest BCUT2D eigenvalue weighted by molar-refractivity contribution is -0.151. The van der Waals surface area contributed by atoms with Gasteiger partial charge in [-0.3, -0.25) is 9.59 Å². The van der Waals surface area contributed by atoms with E-state index in [2.05, 4.69) is 24.8 Å². The maximum absolute atomic E-state index is 12.6. The van der Waals surface area contributed by atoms with Crippen LogP contribution in [0.25, 0.3) is 0 Å². The molecule has 0 aromatic heterocycles. The standard InChI is InChI=1S/C26H39NO3/c1-25-12-9-19(30-24(29)11-16-27-14-3-4-15-27)17-18(25)5-6-20-21-7-8-23(28)26(21,2)13-10-22(20)25/h5,19-22H,3-4,6-17H2,1-2H3/t19?,20?,21?,22?,25-,26-/m0/s1. The number of ether oxygens (including phenoxy) is 1. The number of carbonyl (C=O) groups is 2. The van der Waals surface area contributed by atoms with Crippen LogP contribution in [0.1, 0.15) is 84.5 Å². The second kappa shape index (κ2) is 7.76. The summed E-state index contributed by atoms with van der Waals surface area (Å²) in [5.74, 6) is 2.47. The first kappa shape index (κ1) is 20.7. The molecule has 0 radical (unpaired) electrons. The average molecular weight is 414 g/mol. The van der Waals surface area contributed by atoms with Crippen LogP contribution >= 0.6 is 0 Å². The topological polar surface area (TPSA) is 46.6 Å². The smallest absolute Gasteiger partial charge is 0.307 e. The SMILES string of the molecule is C[C@]12CCC(OC(=O)CCN3CCCC3)CC1=CCC1C2CC[C@]2(C)C(=O)CCC12. The molecule has 6 atom stereocenters. The van der Waals surface area contributed by atoms with E-state index in [0.29, 0.717) is 30.0 Å². The number of esters is 1. The van der Waals surface area contributed by atoms with Crippen LogP contribution in [0.4, 0.5) is 0 Å². The fourth-order valence-corrected chi connectivity index (χ4v) is 8.00. The summed E-state index contributed by atoms with van der Waals surface area (Å²) in [6.07, 6.45) is 14.0. The summed E-state index contributed by atoms with van der Waals surface area (Å²) in [7, 11) is 0. The number of rotatable bonds is 4. The molecular formula is C26H39NO3. The minimum Gasteiger partial charge on any atom is -0.462 e. The Balaban J connectivity index is 1.22. The van der Waals surface area contributed by atoms with Crippen molar-refractivity contribution in [1.29, 1.82) is 0 Å². The molecule has 1 saturated heterocycles. The number of nitrogens with zero attached hydrogens (tertiary/aromatic N) is 1. The zero-order chi connectivity index (χ0) is 20.9. The first-order valence-corrected chi connectivity index (χ1v) is 12.5. The summed E-state index contributed by atoms with van der Waals surface area (Å²) < 4.78 is 5.93. The molecule has 3 saturated carbocycles. The summed E-state index contributed by atoms with van der Waals surface area (Å²) in [6, 6.07) is 0. The summed E-state index contributed by atoms with van der Waals surface area (Å²) in [5.41, 5.74) is 1.74. The van der Waals surface area contributed by atoms with Gasteiger partial charge in [0.1, 0.15) is 11.9 Å². The largest absolute Gasteiger partial charge is 0.462 e. The fraction of sp³-hybridized carbons (Fsp3) is 0.846. The molecule has 4 nitrogen and oxygen atoms in total. The number of allylic oxidation sites excluding steroid dienone is 1. The number of carbonyl (C=O) groups excluding carboxylic acids is 2. The Bertz CT molecular complexity index is 739. The van der Waals surface area contributed by atoms with E-state index in [1.54, 1.807) is 5.57 Å². The Kier molecular flexibility index (Phi) is 5.36. The first-order valence-electron chi connectivity index (χ1n) is 12.5. The number of ketones is 1. The zero-order valence-electron chi connectivity index (χ0n) is 19.0. The van der Waals surface area contributed by atoms with Crippen molar-refractivity contribution < 1.29 is 14.3 Å². The molecule has 0 amide bonds. The van der Waals surface area contributed by atoms with Crippen molar-refractivity contribution in [3.8, 4) is 0 Å². The highest BCUT2D eigenvalue weighted by Crippen LogP contribution is 2.64. The lowest BCUT2D eigenvalue weighted by atomic mass is 9.48. The lowest BCUT2D eigenvalue weighted by Gasteiger charge is -2.56. The van der Waals surface area contributed by atoms with Crippen LogP contribution < -0.4 is 0 Å². The Hall–Kier alpha value is -1.16. The minimum absolute atomic E-state index is 0.0114. The Labute approximate surface area is 181 Å². The van der Waals surface area contributed by atoms with Gasteiger partial charge in [0.05, 0.1) is 6.42 Å². The Morgan fingerprint density at radius 1 is 1.10 bits per heavy atom. The normalized spacial score (nSPS) is 43.5. The van der Waals surface area contributed by atoms with Crippen LogP contribution in [-0.4, -0.2) is 42.4 Å². The third kappa shape index (κ3) is 3.38. The average Bonchev–Trinajstić information content (AvgIpc) is 3.35. The van der Waals surface area contributed by atoms with Crippen LogP contribution in [0.2, 0.25) is 0 Å². The second-order valence-electron chi connectivity index (χ2n) is 11.3. The Morgan fingerprint density at radius 2 is 1.83 bits per heavy atom. The van der Waals surface area contributed by atoms with E-state index < -0.39 is 0 Å². The van der Waals surface area contributed by atoms with Crippen molar-refractivity contribution >= 4 is 11.8 Å². The van der Waals surface area contributed by atoms with Gasteiger partial charge in [0.15, 0.2) is 0 Å². The maximum Gasteiger partial charge on any atom is 0.307 e. The second-order valence-corrected chi connectivity index (χ2v) is 11.3. The molecule has 1 aliphatic heterocycles. The van der Waals surface area contributed by atoms with Gasteiger partial charge >= 0.3 is 5.97 Å². The summed E-state index contributed by atoms with van der Waals surface area (Å²) in [4.78, 5) is 27.4. The molecule has 0 N–H and O–H groups in total. The minimum atomic E-state index is -0.0507. The van der Waals surface area contributed by atoms with Crippen molar-refractivity contribution in [1.82, 2.24) is 4.90 Å². The van der Waals surface area contributed by atoms with E-state index in [4.69, 9.17) is 4.74 Å². The van der Waals surface area contributed by atoms with Crippen LogP contribution in [0.3, 0.4) is 0 Å². The Morgan fingerprint density at radius 3 is 2.63 bits per heavy atom. The van der Waals surface area contributed by atoms with Crippen molar-refractivity contribution in [3.63, 3.8) is 0 Å². The summed E-state index contributed by atoms with van der Waals surface area (Å²) in [6.45, 7) is 7.85. The molecule has 4 aliphatic carbocycles. The van der Waals surface area contributed by atoms with Gasteiger partial charge in [0.2, 0.25) is 0 Å². The molecular weight excluding hydrogens is 374 g/mol. The zero-order valence-corrected chi connectivity index (χ0v) is 19.0. The van der Waals surface area contributed by atoms with E-state index >= 15 is 0 Å². The van der Waals surface area contributed by atoms with Gasteiger partial charge in [-0.1, -0.05) is 25.5 Å². The summed E-state index contributed by atoms with van der Waals surface area (Å²) in [5, 5.41) is 0. The third-order valence-corrected chi connectivity index (χ3v) is 9.90. The van der Waals surface area contributed by atoms with E-state index in [9.17, 15) is 9.59 Å². The van der Waals surface area contributed by atoms with Gasteiger partial charge in [0, 0.05) is 24.8 Å². The number of hydrogen-bond acceptors (Lipinski definition) is 4. The summed E-state index contributed by atoms with van der Waals surface area (Å²) >= 11 is 0. The quantitative estimate of drug-likeness (QED) is 0.485. The third-order valence-electron chi connectivity index (χ3n) is 9.90. The van der Waals surface area contributed by atoms with Gasteiger partial charge in [0.25, 0.3) is 0 Å². The molecule has 5 rings (SSSR count). The monoisotopic (exact) mass is 413 g/mol. The van der Waals surface area contributed by atoms with Crippen molar-refractivity contribution in [2.45, 2.75) is 90.6 Å². The number of likely N-dealkylation sites (tertiary alicyclic amines) is 1. The van der Waals surface area contributed by atoms with Gasteiger partial charge in [-0.25, -0.2) is 0 Å². The van der Waals surface area contributed by atoms with Crippen LogP contribution in [-0.2, 0) is 14.3 Å². The number of Topliss-reactive ketones (excluding diaryl/α,β-unsaturated/α-hetero) is 1. The molecule has 4 heteroatoms. The fourth-order valence-electron chi connectivity index (χ4n) is 8.00. The van der Waals surface area contributed by atoms with Gasteiger partial charge in [-0.15, -0.1) is 0 Å². The molecule has 166 valence electrons. The molecule has 0 spiro atoms. The van der Waals surface area contributed by atoms with E-state index in [1.165, 1.54) is 19.3 Å². The van der Waals surface area contributed by atoms with Crippen LogP contribution in [0.15, 0.2) is 11.6 Å². The molecule has 0 bridgehead atoms. The molecule has 0 aromatic carbocycles. The molecule has 5 aliphatic rings. The van der Waals surface area contributed by atoms with Crippen LogP contribution in [0.5, 0.6) is 0 Å². The highest BCUT2D eigenvalue weighted by Gasteiger charge is 2.58. The molecule has 4 unspecified atom stereocenters. The number of fused-ring (bicyclic) bond motifs is 5. The van der Waals surface area contributed by atoms with Crippen molar-refractivity contribution in [2.75, 3.05) is 19.6 Å². The van der Waals surface area contributed by atoms with Gasteiger partial charge in [-0.2, -0.15) is 0 Å². The van der Waals surface area contributed by atoms with Crippen molar-refractivity contribution in [2.24, 2.45) is 28.6 Å². The number of hydrogen-bond donors (Lipinski definition) is 0. The highest BCUT2D eigenvalue weighted by atomic mass is 16.5. The van der Waals surface area contributed by atoms with E-state index in [1.807, 2.05) is 0 Å². The van der Waals surface area contributed by atoms with Crippen molar-refractivity contribution in [3.05, 3.63) is 11.6 Å². The van der Waals surface area contributed by atoms with E-state index in [0.717, 1.165) is 64.6 Å². The van der Waals surface area contributed by atoms with Gasteiger partial charge < -0.3 is 9.64 Å². The molecule has 0 aromatic rings. The first-order chi connectivity index (χ1) is 14.4. The predicted molar refractivity (Wildman–Crippen MR) is 117 cm³/mol. The highest BCUT2D eigenvalue weighted by molar-refractivity contribution is 5.87. The molecule has 30 heavy (non-hydrogen) atoms. The van der Waals surface area contributed by atoms with Crippen LogP contribution in [0, 0.1) is 28.6 Å². The molecule has 1 heterocycles.